The molecule has 0 aliphatic carbocycles. The summed E-state index contributed by atoms with van der Waals surface area (Å²) in [5.74, 6) is -0.677. The summed E-state index contributed by atoms with van der Waals surface area (Å²) in [7, 11) is 3.04. The SMILES string of the molecule is CNC(=O)c1ccsc1N(C)C(=O)c1ccc([N+](=O)[O-])s1. The Morgan fingerprint density at radius 2 is 2.05 bits per heavy atom. The molecule has 0 bridgehead atoms. The summed E-state index contributed by atoms with van der Waals surface area (Å²) >= 11 is 2.06. The lowest BCUT2D eigenvalue weighted by atomic mass is 10.3. The van der Waals surface area contributed by atoms with Crippen molar-refractivity contribution in [2.24, 2.45) is 0 Å². The third-order valence-corrected chi connectivity index (χ3v) is 4.72. The van der Waals surface area contributed by atoms with Gasteiger partial charge in [0.15, 0.2) is 0 Å². The number of nitro groups is 1. The topological polar surface area (TPSA) is 92.6 Å². The molecule has 0 unspecified atom stereocenters. The van der Waals surface area contributed by atoms with Crippen LogP contribution in [0.3, 0.4) is 0 Å². The number of rotatable bonds is 4. The van der Waals surface area contributed by atoms with Gasteiger partial charge in [-0.15, -0.1) is 11.3 Å². The predicted octanol–water partition coefficient (Wildman–Crippen LogP) is 2.35. The second kappa shape index (κ2) is 6.02. The van der Waals surface area contributed by atoms with E-state index < -0.39 is 4.92 Å². The van der Waals surface area contributed by atoms with Gasteiger partial charge in [-0.2, -0.15) is 0 Å². The maximum absolute atomic E-state index is 12.3. The van der Waals surface area contributed by atoms with Gasteiger partial charge in [0.25, 0.3) is 11.8 Å². The lowest BCUT2D eigenvalue weighted by Crippen LogP contribution is -2.27. The van der Waals surface area contributed by atoms with Crippen molar-refractivity contribution in [3.8, 4) is 0 Å². The molecule has 0 spiro atoms. The smallest absolute Gasteiger partial charge is 0.324 e. The molecule has 2 rings (SSSR count). The van der Waals surface area contributed by atoms with Gasteiger partial charge in [-0.1, -0.05) is 11.3 Å². The van der Waals surface area contributed by atoms with Gasteiger partial charge >= 0.3 is 5.00 Å². The van der Waals surface area contributed by atoms with E-state index in [4.69, 9.17) is 0 Å². The van der Waals surface area contributed by atoms with Gasteiger partial charge in [-0.05, 0) is 17.5 Å². The minimum Gasteiger partial charge on any atom is -0.355 e. The summed E-state index contributed by atoms with van der Waals surface area (Å²) in [5.41, 5.74) is 0.393. The molecule has 0 fully saturated rings. The molecule has 0 saturated heterocycles. The number of nitrogens with one attached hydrogen (secondary N) is 1. The molecular formula is C12H11N3O4S2. The van der Waals surface area contributed by atoms with Crippen LogP contribution in [0.25, 0.3) is 0 Å². The van der Waals surface area contributed by atoms with Crippen molar-refractivity contribution in [2.75, 3.05) is 19.0 Å². The van der Waals surface area contributed by atoms with Crippen molar-refractivity contribution in [3.05, 3.63) is 44.1 Å². The zero-order chi connectivity index (χ0) is 15.6. The van der Waals surface area contributed by atoms with Crippen LogP contribution >= 0.6 is 22.7 Å². The molecule has 2 heterocycles. The zero-order valence-electron chi connectivity index (χ0n) is 11.2. The first-order chi connectivity index (χ1) is 9.95. The van der Waals surface area contributed by atoms with E-state index in [2.05, 4.69) is 5.32 Å². The number of carbonyl (C=O) groups is 2. The standard InChI is InChI=1S/C12H11N3O4S2/c1-13-10(16)7-5-6-20-12(7)14(2)11(17)8-3-4-9(21-8)15(18)19/h3-6H,1-2H3,(H,13,16). The third-order valence-electron chi connectivity index (χ3n) is 2.71. The van der Waals surface area contributed by atoms with Crippen LogP contribution in [-0.2, 0) is 0 Å². The molecule has 0 saturated carbocycles. The van der Waals surface area contributed by atoms with E-state index in [0.717, 1.165) is 11.3 Å². The summed E-state index contributed by atoms with van der Waals surface area (Å²) in [5, 5.41) is 15.3. The number of amides is 2. The minimum absolute atomic E-state index is 0.0931. The molecule has 0 radical (unpaired) electrons. The predicted molar refractivity (Wildman–Crippen MR) is 81.4 cm³/mol. The van der Waals surface area contributed by atoms with Crippen molar-refractivity contribution in [2.45, 2.75) is 0 Å². The number of thiophene rings is 2. The fourth-order valence-electron chi connectivity index (χ4n) is 1.67. The zero-order valence-corrected chi connectivity index (χ0v) is 12.8. The van der Waals surface area contributed by atoms with Crippen LogP contribution in [-0.4, -0.2) is 30.8 Å². The van der Waals surface area contributed by atoms with Crippen LogP contribution in [0.1, 0.15) is 20.0 Å². The number of anilines is 1. The summed E-state index contributed by atoms with van der Waals surface area (Å²) in [4.78, 5) is 35.7. The quantitative estimate of drug-likeness (QED) is 0.690. The lowest BCUT2D eigenvalue weighted by Gasteiger charge is -2.15. The first-order valence-electron chi connectivity index (χ1n) is 5.77. The Balaban J connectivity index is 2.29. The Bertz CT molecular complexity index is 707. The highest BCUT2D eigenvalue weighted by Gasteiger charge is 2.23. The average molecular weight is 325 g/mol. The average Bonchev–Trinajstić information content (AvgIpc) is 3.13. The molecule has 0 atom stereocenters. The molecule has 2 amide bonds. The van der Waals surface area contributed by atoms with Gasteiger partial charge in [0.1, 0.15) is 5.00 Å². The van der Waals surface area contributed by atoms with E-state index in [0.29, 0.717) is 10.6 Å². The molecule has 2 aromatic rings. The van der Waals surface area contributed by atoms with Crippen LogP contribution in [0.2, 0.25) is 0 Å². The summed E-state index contributed by atoms with van der Waals surface area (Å²) in [6.07, 6.45) is 0. The van der Waals surface area contributed by atoms with Crippen LogP contribution in [0.5, 0.6) is 0 Å². The van der Waals surface area contributed by atoms with Gasteiger partial charge in [-0.25, -0.2) is 0 Å². The second-order valence-electron chi connectivity index (χ2n) is 3.98. The van der Waals surface area contributed by atoms with Crippen LogP contribution in [0, 0.1) is 10.1 Å². The summed E-state index contributed by atoms with van der Waals surface area (Å²) in [6.45, 7) is 0. The van der Waals surface area contributed by atoms with E-state index in [9.17, 15) is 19.7 Å². The van der Waals surface area contributed by atoms with E-state index in [1.54, 1.807) is 11.4 Å². The number of carbonyl (C=O) groups excluding carboxylic acids is 2. The molecule has 2 aromatic heterocycles. The van der Waals surface area contributed by atoms with Gasteiger partial charge < -0.3 is 10.2 Å². The normalized spacial score (nSPS) is 10.2. The third kappa shape index (κ3) is 2.93. The van der Waals surface area contributed by atoms with E-state index in [1.165, 1.54) is 42.5 Å². The first kappa shape index (κ1) is 15.1. The number of hydrogen-bond acceptors (Lipinski definition) is 6. The fourth-order valence-corrected chi connectivity index (χ4v) is 3.32. The van der Waals surface area contributed by atoms with Crippen LogP contribution in [0.4, 0.5) is 10.0 Å². The maximum atomic E-state index is 12.3. The number of hydrogen-bond donors (Lipinski definition) is 1. The van der Waals surface area contributed by atoms with Gasteiger partial charge in [0.2, 0.25) is 0 Å². The van der Waals surface area contributed by atoms with Gasteiger partial charge in [-0.3, -0.25) is 19.7 Å². The molecule has 0 aliphatic rings. The summed E-state index contributed by atoms with van der Waals surface area (Å²) < 4.78 is 0. The van der Waals surface area contributed by atoms with E-state index in [-0.39, 0.29) is 21.7 Å². The van der Waals surface area contributed by atoms with Crippen LogP contribution < -0.4 is 10.2 Å². The molecule has 1 N–H and O–H groups in total. The van der Waals surface area contributed by atoms with Crippen molar-refractivity contribution in [3.63, 3.8) is 0 Å². The van der Waals surface area contributed by atoms with E-state index >= 15 is 0 Å². The molecule has 21 heavy (non-hydrogen) atoms. The molecular weight excluding hydrogens is 314 g/mol. The highest BCUT2D eigenvalue weighted by atomic mass is 32.1. The highest BCUT2D eigenvalue weighted by Crippen LogP contribution is 2.30. The Morgan fingerprint density at radius 3 is 2.62 bits per heavy atom. The fraction of sp³-hybridized carbons (Fsp3) is 0.167. The molecule has 7 nitrogen and oxygen atoms in total. The van der Waals surface area contributed by atoms with Crippen molar-refractivity contribution >= 4 is 44.5 Å². The monoisotopic (exact) mass is 325 g/mol. The minimum atomic E-state index is -0.539. The molecule has 0 aliphatic heterocycles. The highest BCUT2D eigenvalue weighted by molar-refractivity contribution is 7.17. The van der Waals surface area contributed by atoms with Gasteiger partial charge in [0, 0.05) is 20.2 Å². The van der Waals surface area contributed by atoms with Crippen molar-refractivity contribution in [1.29, 1.82) is 0 Å². The Kier molecular flexibility index (Phi) is 4.34. The van der Waals surface area contributed by atoms with E-state index in [1.807, 2.05) is 0 Å². The van der Waals surface area contributed by atoms with Crippen molar-refractivity contribution < 1.29 is 14.5 Å². The van der Waals surface area contributed by atoms with Crippen molar-refractivity contribution in [1.82, 2.24) is 5.32 Å². The Hall–Kier alpha value is -2.26. The first-order valence-corrected chi connectivity index (χ1v) is 7.47. The molecule has 9 heteroatoms. The largest absolute Gasteiger partial charge is 0.355 e. The van der Waals surface area contributed by atoms with Gasteiger partial charge in [0.05, 0.1) is 15.4 Å². The number of nitrogens with zero attached hydrogens (tertiary/aromatic N) is 2. The summed E-state index contributed by atoms with van der Waals surface area (Å²) in [6, 6.07) is 4.33. The lowest BCUT2D eigenvalue weighted by molar-refractivity contribution is -0.380. The van der Waals surface area contributed by atoms with Crippen LogP contribution in [0.15, 0.2) is 23.6 Å². The Labute approximate surface area is 128 Å². The Morgan fingerprint density at radius 1 is 1.33 bits per heavy atom. The molecule has 0 aromatic carbocycles. The maximum Gasteiger partial charge on any atom is 0.324 e. The molecule has 110 valence electrons. The second-order valence-corrected chi connectivity index (χ2v) is 5.93.